The van der Waals surface area contributed by atoms with Crippen LogP contribution in [0.25, 0.3) is 22.5 Å². The highest BCUT2D eigenvalue weighted by atomic mass is 16.6. The summed E-state index contributed by atoms with van der Waals surface area (Å²) in [6, 6.07) is 11.3. The molecule has 0 spiro atoms. The Kier molecular flexibility index (Phi) is 8.36. The van der Waals surface area contributed by atoms with Gasteiger partial charge >= 0.3 is 12.1 Å². The number of carbonyl (C=O) groups excluding carboxylic acids is 2. The fourth-order valence-corrected chi connectivity index (χ4v) is 3.36. The van der Waals surface area contributed by atoms with Gasteiger partial charge in [0.25, 0.3) is 5.69 Å². The van der Waals surface area contributed by atoms with E-state index in [1.54, 1.807) is 64.2 Å². The second-order valence-corrected chi connectivity index (χ2v) is 8.88. The zero-order valence-electron chi connectivity index (χ0n) is 20.7. The van der Waals surface area contributed by atoms with Crippen molar-refractivity contribution < 1.29 is 24.0 Å². The number of esters is 1. The van der Waals surface area contributed by atoms with Crippen LogP contribution in [0.3, 0.4) is 0 Å². The number of aryl methyl sites for hydroxylation is 1. The fourth-order valence-electron chi connectivity index (χ4n) is 3.36. The lowest BCUT2D eigenvalue weighted by Gasteiger charge is -2.19. The lowest BCUT2D eigenvalue weighted by molar-refractivity contribution is -0.384. The number of nitro benzene ring substituents is 1. The van der Waals surface area contributed by atoms with Crippen LogP contribution in [0.5, 0.6) is 0 Å². The van der Waals surface area contributed by atoms with Gasteiger partial charge in [-0.15, -0.1) is 0 Å². The van der Waals surface area contributed by atoms with Gasteiger partial charge in [0.05, 0.1) is 22.9 Å². The van der Waals surface area contributed by atoms with E-state index in [-0.39, 0.29) is 18.0 Å². The van der Waals surface area contributed by atoms with E-state index >= 15 is 0 Å². The molecule has 0 aliphatic heterocycles. The Morgan fingerprint density at radius 3 is 2.56 bits per heavy atom. The number of aromatic nitrogens is 3. The van der Waals surface area contributed by atoms with Crippen LogP contribution in [-0.4, -0.2) is 50.5 Å². The molecular formula is C25H29N5O6. The van der Waals surface area contributed by atoms with E-state index in [2.05, 4.69) is 15.4 Å². The van der Waals surface area contributed by atoms with Crippen molar-refractivity contribution in [1.29, 1.82) is 0 Å². The molecule has 0 fully saturated rings. The van der Waals surface area contributed by atoms with Crippen molar-refractivity contribution >= 4 is 17.7 Å². The zero-order valence-corrected chi connectivity index (χ0v) is 20.7. The summed E-state index contributed by atoms with van der Waals surface area (Å²) >= 11 is 0. The zero-order chi connectivity index (χ0) is 26.3. The highest BCUT2D eigenvalue weighted by Gasteiger charge is 2.19. The van der Waals surface area contributed by atoms with E-state index in [1.807, 2.05) is 0 Å². The number of ether oxygens (including phenoxy) is 2. The molecule has 1 aromatic carbocycles. The molecule has 1 N–H and O–H groups in total. The largest absolute Gasteiger partial charge is 0.461 e. The minimum absolute atomic E-state index is 0.0337. The molecule has 0 unspecified atom stereocenters. The highest BCUT2D eigenvalue weighted by Crippen LogP contribution is 2.27. The Hall–Kier alpha value is -4.28. The van der Waals surface area contributed by atoms with Gasteiger partial charge in [0.2, 0.25) is 0 Å². The van der Waals surface area contributed by atoms with Crippen LogP contribution in [0.4, 0.5) is 10.5 Å². The van der Waals surface area contributed by atoms with E-state index in [1.165, 1.54) is 16.8 Å². The van der Waals surface area contributed by atoms with Crippen LogP contribution >= 0.6 is 0 Å². The highest BCUT2D eigenvalue weighted by molar-refractivity contribution is 5.89. The molecule has 0 radical (unpaired) electrons. The molecule has 3 aromatic rings. The second-order valence-electron chi connectivity index (χ2n) is 8.88. The molecule has 36 heavy (non-hydrogen) atoms. The Labute approximate surface area is 208 Å². The third-order valence-electron chi connectivity index (χ3n) is 4.89. The third kappa shape index (κ3) is 7.11. The van der Waals surface area contributed by atoms with Gasteiger partial charge in [0.15, 0.2) is 0 Å². The molecule has 11 nitrogen and oxygen atoms in total. The molecule has 0 bridgehead atoms. The van der Waals surface area contributed by atoms with Crippen LogP contribution in [0.15, 0.2) is 48.7 Å². The van der Waals surface area contributed by atoms with Crippen LogP contribution in [-0.2, 0) is 16.0 Å². The maximum Gasteiger partial charge on any atom is 0.407 e. The van der Waals surface area contributed by atoms with Crippen LogP contribution in [0, 0.1) is 10.1 Å². The predicted octanol–water partition coefficient (Wildman–Crippen LogP) is 4.61. The first-order chi connectivity index (χ1) is 17.1. The van der Waals surface area contributed by atoms with Crippen LogP contribution < -0.4 is 5.32 Å². The molecule has 0 saturated carbocycles. The number of pyridine rings is 1. The Morgan fingerprint density at radius 1 is 1.11 bits per heavy atom. The average molecular weight is 496 g/mol. The lowest BCUT2D eigenvalue weighted by Crippen LogP contribution is -2.33. The number of nitro groups is 1. The van der Waals surface area contributed by atoms with Crippen LogP contribution in [0.1, 0.15) is 44.6 Å². The summed E-state index contributed by atoms with van der Waals surface area (Å²) in [5.41, 5.74) is 1.97. The van der Waals surface area contributed by atoms with E-state index < -0.39 is 22.6 Å². The fraction of sp³-hybridized carbons (Fsp3) is 0.360. The van der Waals surface area contributed by atoms with Crippen LogP contribution in [0.2, 0.25) is 0 Å². The van der Waals surface area contributed by atoms with E-state index in [4.69, 9.17) is 9.47 Å². The summed E-state index contributed by atoms with van der Waals surface area (Å²) < 4.78 is 11.9. The van der Waals surface area contributed by atoms with Crippen molar-refractivity contribution in [2.45, 2.75) is 46.3 Å². The molecule has 1 amide bonds. The van der Waals surface area contributed by atoms with E-state index in [9.17, 15) is 19.7 Å². The SMILES string of the molecule is CCOC(=O)c1cc(-c2ccnc(-c3cccc([N+](=O)[O-])c3)c2)nn1CCCNC(=O)OC(C)(C)C. The monoisotopic (exact) mass is 495 g/mol. The van der Waals surface area contributed by atoms with Gasteiger partial charge in [-0.1, -0.05) is 12.1 Å². The summed E-state index contributed by atoms with van der Waals surface area (Å²) in [5, 5.41) is 18.4. The van der Waals surface area contributed by atoms with E-state index in [0.717, 1.165) is 0 Å². The number of alkyl carbamates (subject to hydrolysis) is 1. The second kappa shape index (κ2) is 11.4. The maximum absolute atomic E-state index is 12.5. The number of non-ortho nitro benzene ring substituents is 1. The van der Waals surface area contributed by atoms with Crippen molar-refractivity contribution in [3.63, 3.8) is 0 Å². The topological polar surface area (TPSA) is 138 Å². The minimum atomic E-state index is -0.591. The van der Waals surface area contributed by atoms with Crippen molar-refractivity contribution in [2.24, 2.45) is 0 Å². The first-order valence-corrected chi connectivity index (χ1v) is 11.5. The molecule has 190 valence electrons. The lowest BCUT2D eigenvalue weighted by atomic mass is 10.1. The third-order valence-corrected chi connectivity index (χ3v) is 4.89. The van der Waals surface area contributed by atoms with Gasteiger partial charge < -0.3 is 14.8 Å². The van der Waals surface area contributed by atoms with Crippen molar-refractivity contribution in [2.75, 3.05) is 13.2 Å². The first-order valence-electron chi connectivity index (χ1n) is 11.5. The quantitative estimate of drug-likeness (QED) is 0.196. The maximum atomic E-state index is 12.5. The first kappa shape index (κ1) is 26.3. The average Bonchev–Trinajstić information content (AvgIpc) is 3.25. The molecule has 3 rings (SSSR count). The van der Waals surface area contributed by atoms with Gasteiger partial charge in [-0.05, 0) is 52.3 Å². The molecular weight excluding hydrogens is 466 g/mol. The number of rotatable bonds is 9. The molecule has 2 heterocycles. The Balaban J connectivity index is 1.81. The predicted molar refractivity (Wildman–Crippen MR) is 132 cm³/mol. The van der Waals surface area contributed by atoms with Gasteiger partial charge in [-0.25, -0.2) is 9.59 Å². The van der Waals surface area contributed by atoms with E-state index in [0.29, 0.717) is 42.0 Å². The number of carbonyl (C=O) groups is 2. The number of amides is 1. The summed E-state index contributed by atoms with van der Waals surface area (Å²) in [6.45, 7) is 7.97. The minimum Gasteiger partial charge on any atom is -0.461 e. The molecule has 2 aromatic heterocycles. The normalized spacial score (nSPS) is 11.1. The van der Waals surface area contributed by atoms with Crippen molar-refractivity contribution in [1.82, 2.24) is 20.1 Å². The number of nitrogens with one attached hydrogen (secondary N) is 1. The summed E-state index contributed by atoms with van der Waals surface area (Å²) in [7, 11) is 0. The molecule has 0 saturated heterocycles. The molecule has 0 aliphatic rings. The van der Waals surface area contributed by atoms with Crippen molar-refractivity contribution in [3.05, 3.63) is 64.5 Å². The summed E-state index contributed by atoms with van der Waals surface area (Å²) in [6.07, 6.45) is 1.57. The van der Waals surface area contributed by atoms with Gasteiger partial charge in [0, 0.05) is 42.5 Å². The number of nitrogens with zero attached hydrogens (tertiary/aromatic N) is 4. The van der Waals surface area contributed by atoms with Gasteiger partial charge in [-0.3, -0.25) is 19.8 Å². The Bertz CT molecular complexity index is 1250. The number of benzene rings is 1. The number of hydrogen-bond acceptors (Lipinski definition) is 8. The smallest absolute Gasteiger partial charge is 0.407 e. The van der Waals surface area contributed by atoms with Gasteiger partial charge in [-0.2, -0.15) is 5.10 Å². The number of hydrogen-bond donors (Lipinski definition) is 1. The van der Waals surface area contributed by atoms with Gasteiger partial charge in [0.1, 0.15) is 11.3 Å². The van der Waals surface area contributed by atoms with Crippen molar-refractivity contribution in [3.8, 4) is 22.5 Å². The summed E-state index contributed by atoms with van der Waals surface area (Å²) in [4.78, 5) is 39.4. The molecule has 0 atom stereocenters. The summed E-state index contributed by atoms with van der Waals surface area (Å²) in [5.74, 6) is -0.510. The standard InChI is InChI=1S/C25H29N5O6/c1-5-35-23(31)22-16-21(28-29(22)13-7-11-27-24(32)36-25(2,3)4)18-10-12-26-20(15-18)17-8-6-9-19(14-17)30(33)34/h6,8-10,12,14-16H,5,7,11,13H2,1-4H3,(H,27,32). The molecule has 11 heteroatoms. The molecule has 0 aliphatic carbocycles. The Morgan fingerprint density at radius 2 is 1.86 bits per heavy atom.